The van der Waals surface area contributed by atoms with Gasteiger partial charge in [0.25, 0.3) is 5.91 Å². The number of aryl methyl sites for hydroxylation is 1. The Balaban J connectivity index is 1.59. The Bertz CT molecular complexity index is 1210. The fourth-order valence-electron chi connectivity index (χ4n) is 3.67. The van der Waals surface area contributed by atoms with Crippen LogP contribution in [0.5, 0.6) is 0 Å². The second-order valence-corrected chi connectivity index (χ2v) is 9.87. The summed E-state index contributed by atoms with van der Waals surface area (Å²) in [6, 6.07) is 9.50. The van der Waals surface area contributed by atoms with Gasteiger partial charge in [0.2, 0.25) is 10.0 Å². The van der Waals surface area contributed by atoms with Gasteiger partial charge in [0, 0.05) is 30.8 Å². The molecule has 0 radical (unpaired) electrons. The molecule has 0 saturated carbocycles. The maximum absolute atomic E-state index is 13.2. The topological polar surface area (TPSA) is 92.5 Å². The molecule has 3 aromatic rings. The largest absolute Gasteiger partial charge is 0.441 e. The van der Waals surface area contributed by atoms with Crippen molar-refractivity contribution in [1.29, 1.82) is 0 Å². The predicted molar refractivity (Wildman–Crippen MR) is 120 cm³/mol. The van der Waals surface area contributed by atoms with Crippen LogP contribution >= 0.6 is 11.6 Å². The Morgan fingerprint density at radius 3 is 2.58 bits per heavy atom. The average molecular weight is 462 g/mol. The minimum atomic E-state index is -3.77. The van der Waals surface area contributed by atoms with Gasteiger partial charge < -0.3 is 9.73 Å². The van der Waals surface area contributed by atoms with E-state index in [-0.39, 0.29) is 15.5 Å². The summed E-state index contributed by atoms with van der Waals surface area (Å²) in [6.07, 6.45) is 4.34. The van der Waals surface area contributed by atoms with Gasteiger partial charge >= 0.3 is 0 Å². The van der Waals surface area contributed by atoms with E-state index in [0.717, 1.165) is 25.7 Å². The second kappa shape index (κ2) is 8.98. The van der Waals surface area contributed by atoms with Crippen LogP contribution in [0.25, 0.3) is 11.1 Å². The van der Waals surface area contributed by atoms with Gasteiger partial charge in [0.05, 0.1) is 5.02 Å². The van der Waals surface area contributed by atoms with Crippen molar-refractivity contribution in [1.82, 2.24) is 9.29 Å². The van der Waals surface area contributed by atoms with Crippen LogP contribution in [0.15, 0.2) is 45.7 Å². The first kappa shape index (κ1) is 21.8. The average Bonchev–Trinajstić information content (AvgIpc) is 2.96. The smallest absolute Gasteiger partial charge is 0.255 e. The first-order valence-corrected chi connectivity index (χ1v) is 12.2. The molecular weight excluding hydrogens is 438 g/mol. The lowest BCUT2D eigenvalue weighted by Crippen LogP contribution is -2.32. The fraction of sp³-hybridized carbons (Fsp3) is 0.364. The fourth-order valence-corrected chi connectivity index (χ4v) is 5.69. The number of carbonyl (C=O) groups is 1. The molecule has 0 unspecified atom stereocenters. The molecule has 1 aromatic heterocycles. The first-order valence-electron chi connectivity index (χ1n) is 10.4. The zero-order valence-electron chi connectivity index (χ0n) is 17.2. The van der Waals surface area contributed by atoms with E-state index in [9.17, 15) is 13.2 Å². The van der Waals surface area contributed by atoms with Gasteiger partial charge in [-0.3, -0.25) is 4.79 Å². The molecule has 1 aliphatic rings. The van der Waals surface area contributed by atoms with Crippen molar-refractivity contribution in [2.24, 2.45) is 0 Å². The van der Waals surface area contributed by atoms with Crippen LogP contribution in [-0.4, -0.2) is 36.7 Å². The maximum Gasteiger partial charge on any atom is 0.255 e. The van der Waals surface area contributed by atoms with Gasteiger partial charge in [-0.1, -0.05) is 31.4 Å². The number of fused-ring (bicyclic) bond motifs is 1. The normalized spacial score (nSPS) is 15.7. The minimum absolute atomic E-state index is 0.0387. The molecule has 0 aliphatic carbocycles. The molecule has 9 heteroatoms. The van der Waals surface area contributed by atoms with Crippen LogP contribution in [0.4, 0.5) is 5.69 Å². The van der Waals surface area contributed by atoms with E-state index >= 15 is 0 Å². The third kappa shape index (κ3) is 4.61. The minimum Gasteiger partial charge on any atom is -0.441 e. The van der Waals surface area contributed by atoms with Crippen LogP contribution in [0, 0.1) is 0 Å². The quantitative estimate of drug-likeness (QED) is 0.585. The van der Waals surface area contributed by atoms with E-state index in [4.69, 9.17) is 16.0 Å². The molecule has 1 amide bonds. The molecule has 2 heterocycles. The van der Waals surface area contributed by atoms with E-state index in [0.29, 0.717) is 42.2 Å². The van der Waals surface area contributed by atoms with E-state index in [1.165, 1.54) is 22.5 Å². The number of aromatic nitrogens is 1. The Kier molecular flexibility index (Phi) is 6.31. The van der Waals surface area contributed by atoms with Crippen molar-refractivity contribution in [3.8, 4) is 0 Å². The monoisotopic (exact) mass is 461 g/mol. The summed E-state index contributed by atoms with van der Waals surface area (Å²) >= 11 is 6.23. The van der Waals surface area contributed by atoms with Crippen molar-refractivity contribution >= 4 is 44.3 Å². The number of hydrogen-bond acceptors (Lipinski definition) is 5. The molecule has 4 rings (SSSR count). The van der Waals surface area contributed by atoms with Crippen LogP contribution in [0.1, 0.15) is 48.9 Å². The summed E-state index contributed by atoms with van der Waals surface area (Å²) in [5.74, 6) is 0.196. The number of carbonyl (C=O) groups excluding carboxylic acids is 1. The van der Waals surface area contributed by atoms with E-state index in [1.807, 2.05) is 6.92 Å². The molecule has 0 atom stereocenters. The molecule has 1 fully saturated rings. The van der Waals surface area contributed by atoms with Crippen molar-refractivity contribution < 1.29 is 17.6 Å². The molecule has 1 aliphatic heterocycles. The van der Waals surface area contributed by atoms with Gasteiger partial charge in [-0.05, 0) is 49.2 Å². The number of hydrogen-bond donors (Lipinski definition) is 1. The molecule has 0 spiro atoms. The van der Waals surface area contributed by atoms with E-state index in [1.54, 1.807) is 18.2 Å². The number of nitrogens with zero attached hydrogens (tertiary/aromatic N) is 2. The Morgan fingerprint density at radius 1 is 1.13 bits per heavy atom. The number of oxazole rings is 1. The highest BCUT2D eigenvalue weighted by atomic mass is 35.5. The molecule has 7 nitrogen and oxygen atoms in total. The van der Waals surface area contributed by atoms with Crippen molar-refractivity contribution in [3.63, 3.8) is 0 Å². The lowest BCUT2D eigenvalue weighted by atomic mass is 10.2. The highest BCUT2D eigenvalue weighted by Gasteiger charge is 2.28. The molecule has 31 heavy (non-hydrogen) atoms. The Morgan fingerprint density at radius 2 is 1.87 bits per heavy atom. The van der Waals surface area contributed by atoms with Crippen LogP contribution in [0.3, 0.4) is 0 Å². The zero-order valence-corrected chi connectivity index (χ0v) is 18.8. The molecular formula is C22H24ClN3O4S. The van der Waals surface area contributed by atoms with Gasteiger partial charge in [-0.15, -0.1) is 0 Å². The lowest BCUT2D eigenvalue weighted by molar-refractivity contribution is 0.102. The van der Waals surface area contributed by atoms with Crippen LogP contribution in [0.2, 0.25) is 5.02 Å². The number of rotatable bonds is 5. The highest BCUT2D eigenvalue weighted by molar-refractivity contribution is 7.89. The SMILES string of the molecule is CCc1nc2cc(NC(=O)c3ccc(Cl)c(S(=O)(=O)N4CCCCCC4)c3)ccc2o1. The van der Waals surface area contributed by atoms with Gasteiger partial charge in [0.1, 0.15) is 10.4 Å². The molecule has 1 saturated heterocycles. The lowest BCUT2D eigenvalue weighted by Gasteiger charge is -2.21. The number of benzene rings is 2. The summed E-state index contributed by atoms with van der Waals surface area (Å²) in [4.78, 5) is 17.2. The van der Waals surface area contributed by atoms with Crippen molar-refractivity contribution in [2.75, 3.05) is 18.4 Å². The molecule has 1 N–H and O–H groups in total. The van der Waals surface area contributed by atoms with Crippen LogP contribution < -0.4 is 5.32 Å². The third-order valence-electron chi connectivity index (χ3n) is 5.37. The molecule has 2 aromatic carbocycles. The van der Waals surface area contributed by atoms with Gasteiger partial charge in [-0.2, -0.15) is 4.31 Å². The van der Waals surface area contributed by atoms with Crippen molar-refractivity contribution in [3.05, 3.63) is 52.9 Å². The standard InChI is InChI=1S/C22H24ClN3O4S/c1-2-21-25-18-14-16(8-10-19(18)30-21)24-22(27)15-7-9-17(23)20(13-15)31(28,29)26-11-5-3-4-6-12-26/h7-10,13-14H,2-6,11-12H2,1H3,(H,24,27). The summed E-state index contributed by atoms with van der Waals surface area (Å²) in [7, 11) is -3.77. The second-order valence-electron chi connectivity index (χ2n) is 7.56. The van der Waals surface area contributed by atoms with E-state index in [2.05, 4.69) is 10.3 Å². The number of halogens is 1. The van der Waals surface area contributed by atoms with Crippen molar-refractivity contribution in [2.45, 2.75) is 43.9 Å². The van der Waals surface area contributed by atoms with Gasteiger partial charge in [0.15, 0.2) is 11.5 Å². The first-order chi connectivity index (χ1) is 14.9. The predicted octanol–water partition coefficient (Wildman–Crippen LogP) is 4.86. The van der Waals surface area contributed by atoms with Crippen LogP contribution in [-0.2, 0) is 16.4 Å². The number of sulfonamides is 1. The van der Waals surface area contributed by atoms with Gasteiger partial charge in [-0.25, -0.2) is 13.4 Å². The zero-order chi connectivity index (χ0) is 22.0. The Labute approximate surface area is 186 Å². The Hall–Kier alpha value is -2.42. The maximum atomic E-state index is 13.2. The summed E-state index contributed by atoms with van der Waals surface area (Å²) < 4.78 is 33.4. The summed E-state index contributed by atoms with van der Waals surface area (Å²) in [6.45, 7) is 2.88. The number of nitrogens with one attached hydrogen (secondary N) is 1. The number of anilines is 1. The summed E-state index contributed by atoms with van der Waals surface area (Å²) in [5, 5.41) is 2.90. The highest BCUT2D eigenvalue weighted by Crippen LogP contribution is 2.28. The molecule has 164 valence electrons. The number of amides is 1. The third-order valence-corrected chi connectivity index (χ3v) is 7.75. The van der Waals surface area contributed by atoms with E-state index < -0.39 is 15.9 Å². The summed E-state index contributed by atoms with van der Waals surface area (Å²) in [5.41, 5.74) is 2.05. The molecule has 0 bridgehead atoms.